The average Bonchev–Trinajstić information content (AvgIpc) is 3.31. The highest BCUT2D eigenvalue weighted by Crippen LogP contribution is 2.29. The van der Waals surface area contributed by atoms with E-state index in [0.717, 1.165) is 38.2 Å². The van der Waals surface area contributed by atoms with E-state index in [2.05, 4.69) is 25.9 Å². The number of ether oxygens (including phenoxy) is 1. The molecule has 0 aliphatic heterocycles. The number of rotatable bonds is 4. The molecule has 0 saturated heterocycles. The molecule has 2 N–H and O–H groups in total. The van der Waals surface area contributed by atoms with Crippen LogP contribution in [0.1, 0.15) is 27.3 Å². The maximum atomic E-state index is 12.7. The number of aromatic nitrogens is 4. The van der Waals surface area contributed by atoms with Gasteiger partial charge in [0.15, 0.2) is 10.9 Å². The van der Waals surface area contributed by atoms with Crippen LogP contribution in [-0.2, 0) is 0 Å². The molecule has 0 bridgehead atoms. The summed E-state index contributed by atoms with van der Waals surface area (Å²) in [6.07, 6.45) is 0. The van der Waals surface area contributed by atoms with Gasteiger partial charge in [-0.3, -0.25) is 10.1 Å². The minimum Gasteiger partial charge on any atom is -0.496 e. The summed E-state index contributed by atoms with van der Waals surface area (Å²) in [5.74, 6) is 0.925. The normalized spacial score (nSPS) is 10.8. The van der Waals surface area contributed by atoms with Crippen molar-refractivity contribution in [2.75, 3.05) is 12.4 Å². The second-order valence-corrected chi connectivity index (χ2v) is 8.31. The molecule has 2 aromatic heterocycles. The largest absolute Gasteiger partial charge is 0.496 e. The molecule has 0 fully saturated rings. The van der Waals surface area contributed by atoms with Gasteiger partial charge in [0.1, 0.15) is 10.8 Å². The topological polar surface area (TPSA) is 93.4 Å². The Balaban J connectivity index is 1.54. The molecule has 4 aromatic rings. The Labute approximate surface area is 188 Å². The van der Waals surface area contributed by atoms with Crippen molar-refractivity contribution in [2.24, 2.45) is 0 Å². The lowest BCUT2D eigenvalue weighted by molar-refractivity contribution is 0.0974. The second kappa shape index (κ2) is 8.40. The summed E-state index contributed by atoms with van der Waals surface area (Å²) in [5.41, 5.74) is 3.97. The van der Waals surface area contributed by atoms with Crippen LogP contribution in [0.15, 0.2) is 36.4 Å². The Morgan fingerprint density at radius 2 is 1.94 bits per heavy atom. The number of anilines is 1. The number of benzene rings is 2. The van der Waals surface area contributed by atoms with Crippen LogP contribution < -0.4 is 15.4 Å². The molecule has 10 heteroatoms. The zero-order valence-electron chi connectivity index (χ0n) is 17.4. The van der Waals surface area contributed by atoms with Crippen LogP contribution in [0.3, 0.4) is 0 Å². The second-order valence-electron chi connectivity index (χ2n) is 6.94. The van der Waals surface area contributed by atoms with E-state index in [1.807, 2.05) is 45.0 Å². The molecule has 0 atom stereocenters. The third-order valence-electron chi connectivity index (χ3n) is 4.77. The zero-order valence-corrected chi connectivity index (χ0v) is 19.0. The number of hydrogen-bond acceptors (Lipinski definition) is 7. The molecule has 2 aromatic carbocycles. The number of aryl methyl sites for hydroxylation is 3. The third-order valence-corrected chi connectivity index (χ3v) is 5.92. The molecule has 0 unspecified atom stereocenters. The Hall–Kier alpha value is -3.37. The van der Waals surface area contributed by atoms with Gasteiger partial charge in [0.25, 0.3) is 5.91 Å². The van der Waals surface area contributed by atoms with Crippen LogP contribution in [-0.4, -0.2) is 37.9 Å². The average molecular weight is 453 g/mol. The van der Waals surface area contributed by atoms with E-state index in [1.54, 1.807) is 16.6 Å². The van der Waals surface area contributed by atoms with E-state index < -0.39 is 0 Å². The van der Waals surface area contributed by atoms with Crippen molar-refractivity contribution >= 4 is 45.2 Å². The summed E-state index contributed by atoms with van der Waals surface area (Å²) in [6, 6.07) is 11.3. The van der Waals surface area contributed by atoms with Gasteiger partial charge in [-0.15, -0.1) is 10.2 Å². The van der Waals surface area contributed by atoms with Crippen LogP contribution in [0.5, 0.6) is 5.75 Å². The van der Waals surface area contributed by atoms with Crippen molar-refractivity contribution in [3.63, 3.8) is 0 Å². The molecule has 0 saturated carbocycles. The molecular weight excluding hydrogens is 432 g/mol. The van der Waals surface area contributed by atoms with Crippen molar-refractivity contribution in [1.29, 1.82) is 0 Å². The molecule has 8 nitrogen and oxygen atoms in total. The molecule has 0 aliphatic carbocycles. The summed E-state index contributed by atoms with van der Waals surface area (Å²) in [5, 5.41) is 19.5. The number of carbonyl (C=O) groups is 1. The smallest absolute Gasteiger partial charge is 0.261 e. The number of nitrogens with one attached hydrogen (secondary N) is 2. The van der Waals surface area contributed by atoms with E-state index in [4.69, 9.17) is 17.0 Å². The molecule has 2 heterocycles. The van der Waals surface area contributed by atoms with Crippen LogP contribution in [0.2, 0.25) is 0 Å². The molecule has 31 heavy (non-hydrogen) atoms. The lowest BCUT2D eigenvalue weighted by atomic mass is 10.1. The van der Waals surface area contributed by atoms with E-state index in [0.29, 0.717) is 11.3 Å². The molecule has 0 radical (unpaired) electrons. The van der Waals surface area contributed by atoms with Crippen LogP contribution in [0, 0.1) is 20.8 Å². The van der Waals surface area contributed by atoms with Crippen molar-refractivity contribution in [2.45, 2.75) is 20.8 Å². The fourth-order valence-electron chi connectivity index (χ4n) is 3.15. The standard InChI is InChI=1S/C21H20N6O2S2/c1-11-8-9-14(19-26-27-13(3)24-25-21(27)31-19)10-16(11)22-20(30)23-18(28)15-7-5-6-12(2)17(15)29-4/h5-10H,1-4H3,(H2,22,23,28,30). The van der Waals surface area contributed by atoms with Gasteiger partial charge in [0.2, 0.25) is 4.96 Å². The van der Waals surface area contributed by atoms with Crippen LogP contribution >= 0.6 is 23.6 Å². The Kier molecular flexibility index (Phi) is 5.66. The first-order chi connectivity index (χ1) is 14.9. The number of hydrogen-bond donors (Lipinski definition) is 2. The third kappa shape index (κ3) is 4.12. The van der Waals surface area contributed by atoms with Crippen molar-refractivity contribution in [3.05, 3.63) is 58.9 Å². The number of nitrogens with zero attached hydrogens (tertiary/aromatic N) is 4. The number of fused-ring (bicyclic) bond motifs is 1. The van der Waals surface area contributed by atoms with Gasteiger partial charge < -0.3 is 10.1 Å². The van der Waals surface area contributed by atoms with Crippen LogP contribution in [0.4, 0.5) is 5.69 Å². The van der Waals surface area contributed by atoms with Crippen molar-refractivity contribution in [1.82, 2.24) is 25.1 Å². The summed E-state index contributed by atoms with van der Waals surface area (Å²) in [7, 11) is 1.54. The minimum atomic E-state index is -0.337. The summed E-state index contributed by atoms with van der Waals surface area (Å²) < 4.78 is 7.08. The maximum Gasteiger partial charge on any atom is 0.261 e. The molecule has 4 rings (SSSR count). The first kappa shape index (κ1) is 20.9. The first-order valence-corrected chi connectivity index (χ1v) is 10.7. The fraction of sp³-hybridized carbons (Fsp3) is 0.190. The number of thiocarbonyl (C=S) groups is 1. The lowest BCUT2D eigenvalue weighted by Crippen LogP contribution is -2.34. The minimum absolute atomic E-state index is 0.197. The van der Waals surface area contributed by atoms with E-state index in [1.165, 1.54) is 18.4 Å². The number of amides is 1. The number of para-hydroxylation sites is 1. The summed E-state index contributed by atoms with van der Waals surface area (Å²) in [4.78, 5) is 13.4. The predicted octanol–water partition coefficient (Wildman–Crippen LogP) is 3.91. The zero-order chi connectivity index (χ0) is 22.1. The molecule has 0 aliphatic rings. The van der Waals surface area contributed by atoms with E-state index >= 15 is 0 Å². The Morgan fingerprint density at radius 1 is 1.13 bits per heavy atom. The highest BCUT2D eigenvalue weighted by molar-refractivity contribution is 7.80. The predicted molar refractivity (Wildman–Crippen MR) is 125 cm³/mol. The highest BCUT2D eigenvalue weighted by Gasteiger charge is 2.16. The highest BCUT2D eigenvalue weighted by atomic mass is 32.1. The fourth-order valence-corrected chi connectivity index (χ4v) is 4.23. The SMILES string of the molecule is COc1c(C)cccc1C(=O)NC(=S)Nc1cc(-c2nn3c(C)nnc3s2)ccc1C. The summed E-state index contributed by atoms with van der Waals surface area (Å²) in [6.45, 7) is 5.70. The van der Waals surface area contributed by atoms with Crippen LogP contribution in [0.25, 0.3) is 15.5 Å². The van der Waals surface area contributed by atoms with Crippen molar-refractivity contribution in [3.8, 4) is 16.3 Å². The molecular formula is C21H20N6O2S2. The summed E-state index contributed by atoms with van der Waals surface area (Å²) >= 11 is 6.83. The van der Waals surface area contributed by atoms with Gasteiger partial charge in [-0.25, -0.2) is 0 Å². The monoisotopic (exact) mass is 452 g/mol. The van der Waals surface area contributed by atoms with Crippen molar-refractivity contribution < 1.29 is 9.53 Å². The van der Waals surface area contributed by atoms with E-state index in [-0.39, 0.29) is 11.0 Å². The Bertz CT molecular complexity index is 1310. The number of methoxy groups -OCH3 is 1. The number of carbonyl (C=O) groups excluding carboxylic acids is 1. The van der Waals surface area contributed by atoms with E-state index in [9.17, 15) is 4.79 Å². The van der Waals surface area contributed by atoms with Gasteiger partial charge in [-0.05, 0) is 56.2 Å². The quantitative estimate of drug-likeness (QED) is 0.453. The van der Waals surface area contributed by atoms with Gasteiger partial charge >= 0.3 is 0 Å². The molecule has 0 spiro atoms. The van der Waals surface area contributed by atoms with Gasteiger partial charge in [-0.2, -0.15) is 9.61 Å². The maximum absolute atomic E-state index is 12.7. The Morgan fingerprint density at radius 3 is 2.68 bits per heavy atom. The van der Waals surface area contributed by atoms with Gasteiger partial charge in [0.05, 0.1) is 12.7 Å². The molecule has 158 valence electrons. The van der Waals surface area contributed by atoms with Gasteiger partial charge in [0, 0.05) is 11.3 Å². The van der Waals surface area contributed by atoms with Gasteiger partial charge in [-0.1, -0.05) is 35.6 Å². The first-order valence-electron chi connectivity index (χ1n) is 9.43. The molecule has 1 amide bonds. The lowest BCUT2D eigenvalue weighted by Gasteiger charge is -2.14.